The van der Waals surface area contributed by atoms with Gasteiger partial charge < -0.3 is 10.4 Å². The minimum Gasteiger partial charge on any atom is -0.481 e. The second-order valence-corrected chi connectivity index (χ2v) is 5.41. The van der Waals surface area contributed by atoms with Gasteiger partial charge in [-0.25, -0.2) is 9.97 Å². The van der Waals surface area contributed by atoms with Crippen LogP contribution in [-0.2, 0) is 4.79 Å². The summed E-state index contributed by atoms with van der Waals surface area (Å²) in [6, 6.07) is 2.00. The van der Waals surface area contributed by atoms with Crippen LogP contribution in [-0.4, -0.2) is 27.6 Å². The fraction of sp³-hybridized carbons (Fsp3) is 0.364. The molecule has 0 fully saturated rings. The number of rotatable bonds is 5. The van der Waals surface area contributed by atoms with Gasteiger partial charge in [0.25, 0.3) is 0 Å². The Balaban J connectivity index is 2.14. The van der Waals surface area contributed by atoms with Gasteiger partial charge in [-0.05, 0) is 31.0 Å². The number of hydrogen-bond acceptors (Lipinski definition) is 5. The van der Waals surface area contributed by atoms with E-state index in [1.54, 1.807) is 11.3 Å². The Morgan fingerprint density at radius 3 is 3.06 bits per heavy atom. The Kier molecular flexibility index (Phi) is 3.98. The van der Waals surface area contributed by atoms with E-state index >= 15 is 0 Å². The lowest BCUT2D eigenvalue weighted by Crippen LogP contribution is -2.06. The van der Waals surface area contributed by atoms with Gasteiger partial charge in [0, 0.05) is 17.8 Å². The number of carboxylic acids is 1. The summed E-state index contributed by atoms with van der Waals surface area (Å²) in [5.41, 5.74) is 0. The summed E-state index contributed by atoms with van der Waals surface area (Å²) < 4.78 is 0. The summed E-state index contributed by atoms with van der Waals surface area (Å²) in [6.45, 7) is 2.54. The van der Waals surface area contributed by atoms with E-state index in [-0.39, 0.29) is 11.7 Å². The first-order valence-electron chi connectivity index (χ1n) is 5.45. The first kappa shape index (κ1) is 13.0. The van der Waals surface area contributed by atoms with Crippen LogP contribution in [0.5, 0.6) is 0 Å². The number of hydrogen-bond donors (Lipinski definition) is 2. The third-order valence-corrected chi connectivity index (χ3v) is 3.46. The molecule has 2 heterocycles. The zero-order chi connectivity index (χ0) is 13.1. The molecule has 0 aromatic carbocycles. The molecule has 0 unspecified atom stereocenters. The quantitative estimate of drug-likeness (QED) is 0.652. The van der Waals surface area contributed by atoms with Crippen LogP contribution in [0.1, 0.15) is 17.7 Å². The zero-order valence-corrected chi connectivity index (χ0v) is 11.3. The van der Waals surface area contributed by atoms with E-state index in [9.17, 15) is 4.79 Å². The van der Waals surface area contributed by atoms with Gasteiger partial charge in [-0.2, -0.15) is 0 Å². The van der Waals surface area contributed by atoms with Gasteiger partial charge in [0.15, 0.2) is 0 Å². The summed E-state index contributed by atoms with van der Waals surface area (Å²) in [6.07, 6.45) is 0.680. The Labute approximate surface area is 113 Å². The second-order valence-electron chi connectivity index (χ2n) is 3.84. The number of nitrogens with zero attached hydrogens (tertiary/aromatic N) is 2. The molecular weight excluding hydrogens is 274 g/mol. The number of aryl methyl sites for hydroxylation is 1. The third kappa shape index (κ3) is 3.08. The minimum atomic E-state index is -0.797. The van der Waals surface area contributed by atoms with Crippen molar-refractivity contribution in [2.45, 2.75) is 19.8 Å². The molecule has 0 saturated carbocycles. The van der Waals surface area contributed by atoms with Gasteiger partial charge in [0.2, 0.25) is 5.28 Å². The number of thiophene rings is 1. The van der Waals surface area contributed by atoms with Crippen molar-refractivity contribution in [1.29, 1.82) is 0 Å². The van der Waals surface area contributed by atoms with Crippen LogP contribution in [0.25, 0.3) is 10.2 Å². The number of halogens is 1. The molecule has 0 saturated heterocycles. The van der Waals surface area contributed by atoms with Crippen LogP contribution < -0.4 is 5.32 Å². The molecule has 2 aromatic heterocycles. The van der Waals surface area contributed by atoms with Crippen molar-refractivity contribution >= 4 is 44.9 Å². The van der Waals surface area contributed by atoms with Crippen LogP contribution in [0, 0.1) is 6.92 Å². The van der Waals surface area contributed by atoms with Crippen molar-refractivity contribution < 1.29 is 9.90 Å². The van der Waals surface area contributed by atoms with E-state index in [0.29, 0.717) is 18.8 Å². The lowest BCUT2D eigenvalue weighted by atomic mass is 10.3. The molecule has 0 spiro atoms. The maximum atomic E-state index is 10.4. The Morgan fingerprint density at radius 1 is 1.56 bits per heavy atom. The van der Waals surface area contributed by atoms with Crippen molar-refractivity contribution in [3.8, 4) is 0 Å². The van der Waals surface area contributed by atoms with Gasteiger partial charge in [-0.15, -0.1) is 11.3 Å². The van der Waals surface area contributed by atoms with Gasteiger partial charge in [0.1, 0.15) is 10.6 Å². The predicted octanol–water partition coefficient (Wildman–Crippen LogP) is 2.93. The van der Waals surface area contributed by atoms with Crippen molar-refractivity contribution in [3.05, 3.63) is 16.2 Å². The van der Waals surface area contributed by atoms with E-state index in [0.717, 1.165) is 15.1 Å². The molecule has 96 valence electrons. The highest BCUT2D eigenvalue weighted by Gasteiger charge is 2.09. The average Bonchev–Trinajstić information content (AvgIpc) is 2.64. The number of carbonyl (C=O) groups is 1. The molecule has 0 aliphatic rings. The van der Waals surface area contributed by atoms with Crippen molar-refractivity contribution in [2.24, 2.45) is 0 Å². The standard InChI is InChI=1S/C11H12ClN3O2S/c1-6-5-7-9(13-4-2-3-8(16)17)14-11(12)15-10(7)18-6/h5H,2-4H2,1H3,(H,16,17)(H,13,14,15). The highest BCUT2D eigenvalue weighted by Crippen LogP contribution is 2.29. The Bertz CT molecular complexity index is 585. The molecule has 0 bridgehead atoms. The van der Waals surface area contributed by atoms with E-state index in [4.69, 9.17) is 16.7 Å². The predicted molar refractivity (Wildman–Crippen MR) is 72.5 cm³/mol. The largest absolute Gasteiger partial charge is 0.481 e. The monoisotopic (exact) mass is 285 g/mol. The highest BCUT2D eigenvalue weighted by molar-refractivity contribution is 7.18. The number of aliphatic carboxylic acids is 1. The van der Waals surface area contributed by atoms with Crippen LogP contribution >= 0.6 is 22.9 Å². The fourth-order valence-electron chi connectivity index (χ4n) is 1.60. The molecule has 2 N–H and O–H groups in total. The van der Waals surface area contributed by atoms with Crippen LogP contribution in [0.15, 0.2) is 6.07 Å². The van der Waals surface area contributed by atoms with Gasteiger partial charge >= 0.3 is 5.97 Å². The molecule has 18 heavy (non-hydrogen) atoms. The molecule has 0 aliphatic heterocycles. The average molecular weight is 286 g/mol. The molecule has 2 aromatic rings. The van der Waals surface area contributed by atoms with E-state index < -0.39 is 5.97 Å². The van der Waals surface area contributed by atoms with Crippen molar-refractivity contribution in [3.63, 3.8) is 0 Å². The van der Waals surface area contributed by atoms with Crippen LogP contribution in [0.2, 0.25) is 5.28 Å². The van der Waals surface area contributed by atoms with E-state index in [1.165, 1.54) is 0 Å². The van der Waals surface area contributed by atoms with Crippen molar-refractivity contribution in [2.75, 3.05) is 11.9 Å². The summed E-state index contributed by atoms with van der Waals surface area (Å²) >= 11 is 7.40. The Morgan fingerprint density at radius 2 is 2.33 bits per heavy atom. The summed E-state index contributed by atoms with van der Waals surface area (Å²) in [4.78, 5) is 20.7. The SMILES string of the molecule is Cc1cc2c(NCCCC(=O)O)nc(Cl)nc2s1. The number of nitrogens with one attached hydrogen (secondary N) is 1. The second kappa shape index (κ2) is 5.49. The first-order chi connectivity index (χ1) is 8.56. The van der Waals surface area contributed by atoms with Crippen LogP contribution in [0.4, 0.5) is 5.82 Å². The molecule has 7 heteroatoms. The summed E-state index contributed by atoms with van der Waals surface area (Å²) in [5.74, 6) is -0.131. The van der Waals surface area contributed by atoms with E-state index in [1.807, 2.05) is 13.0 Å². The molecule has 0 amide bonds. The number of aromatic nitrogens is 2. The minimum absolute atomic E-state index is 0.137. The third-order valence-electron chi connectivity index (χ3n) is 2.35. The fourth-order valence-corrected chi connectivity index (χ4v) is 2.70. The maximum Gasteiger partial charge on any atom is 0.303 e. The molecular formula is C11H12ClN3O2S. The molecule has 5 nitrogen and oxygen atoms in total. The molecule has 0 atom stereocenters. The molecule has 2 rings (SSSR count). The first-order valence-corrected chi connectivity index (χ1v) is 6.65. The number of fused-ring (bicyclic) bond motifs is 1. The lowest BCUT2D eigenvalue weighted by Gasteiger charge is -2.05. The molecule has 0 aliphatic carbocycles. The van der Waals surface area contributed by atoms with Crippen LogP contribution in [0.3, 0.4) is 0 Å². The van der Waals surface area contributed by atoms with E-state index in [2.05, 4.69) is 15.3 Å². The zero-order valence-electron chi connectivity index (χ0n) is 9.73. The summed E-state index contributed by atoms with van der Waals surface area (Å²) in [7, 11) is 0. The lowest BCUT2D eigenvalue weighted by molar-refractivity contribution is -0.137. The van der Waals surface area contributed by atoms with Crippen molar-refractivity contribution in [1.82, 2.24) is 9.97 Å². The normalized spacial score (nSPS) is 10.8. The topological polar surface area (TPSA) is 75.1 Å². The highest BCUT2D eigenvalue weighted by atomic mass is 35.5. The summed E-state index contributed by atoms with van der Waals surface area (Å²) in [5, 5.41) is 12.8. The van der Waals surface area contributed by atoms with Gasteiger partial charge in [-0.1, -0.05) is 0 Å². The maximum absolute atomic E-state index is 10.4. The molecule has 0 radical (unpaired) electrons. The Hall–Kier alpha value is -1.40. The number of anilines is 1. The van der Waals surface area contributed by atoms with Gasteiger partial charge in [0.05, 0.1) is 5.39 Å². The number of carboxylic acid groups (broad SMARTS) is 1. The smallest absolute Gasteiger partial charge is 0.303 e. The van der Waals surface area contributed by atoms with Gasteiger partial charge in [-0.3, -0.25) is 4.79 Å².